The number of rotatable bonds is 3. The molecule has 0 saturated carbocycles. The maximum absolute atomic E-state index is 6.16. The van der Waals surface area contributed by atoms with Crippen LogP contribution in [0, 0.1) is 5.92 Å². The Morgan fingerprint density at radius 1 is 1.21 bits per heavy atom. The van der Waals surface area contributed by atoms with Crippen molar-refractivity contribution in [1.29, 1.82) is 0 Å². The van der Waals surface area contributed by atoms with Crippen molar-refractivity contribution in [2.24, 2.45) is 5.92 Å². The summed E-state index contributed by atoms with van der Waals surface area (Å²) in [4.78, 5) is 2.44. The Hall–Kier alpha value is -0.280. The third-order valence-electron chi connectivity index (χ3n) is 3.95. The van der Waals surface area contributed by atoms with Crippen molar-refractivity contribution in [1.82, 2.24) is 10.2 Å². The van der Waals surface area contributed by atoms with E-state index in [9.17, 15) is 0 Å². The maximum Gasteiger partial charge on any atom is 0.0424 e. The van der Waals surface area contributed by atoms with E-state index in [1.165, 1.54) is 24.8 Å². The normalized spacial score (nSPS) is 25.3. The van der Waals surface area contributed by atoms with Gasteiger partial charge in [0.2, 0.25) is 0 Å². The molecule has 0 bridgehead atoms. The van der Waals surface area contributed by atoms with E-state index in [1.54, 1.807) is 6.07 Å². The monoisotopic (exact) mass is 300 g/mol. The Morgan fingerprint density at radius 3 is 2.53 bits per heavy atom. The van der Waals surface area contributed by atoms with Crippen LogP contribution >= 0.6 is 23.2 Å². The van der Waals surface area contributed by atoms with Gasteiger partial charge in [-0.1, -0.05) is 29.6 Å². The van der Waals surface area contributed by atoms with Gasteiger partial charge in [-0.05, 0) is 69.7 Å². The molecule has 4 heteroatoms. The van der Waals surface area contributed by atoms with Crippen molar-refractivity contribution in [3.8, 4) is 0 Å². The van der Waals surface area contributed by atoms with Gasteiger partial charge in [0, 0.05) is 16.1 Å². The van der Waals surface area contributed by atoms with Crippen molar-refractivity contribution in [3.05, 3.63) is 33.8 Å². The highest BCUT2D eigenvalue weighted by molar-refractivity contribution is 6.34. The molecular formula is C15H22Cl2N2. The molecular weight excluding hydrogens is 279 g/mol. The van der Waals surface area contributed by atoms with E-state index in [1.807, 2.05) is 7.05 Å². The lowest BCUT2D eigenvalue weighted by Gasteiger charge is -2.33. The van der Waals surface area contributed by atoms with Crippen molar-refractivity contribution < 1.29 is 0 Å². The van der Waals surface area contributed by atoms with Crippen LogP contribution in [0.2, 0.25) is 10.0 Å². The third kappa shape index (κ3) is 3.85. The number of nitrogens with one attached hydrogen (secondary N) is 1. The van der Waals surface area contributed by atoms with Crippen molar-refractivity contribution in [2.75, 3.05) is 27.2 Å². The molecule has 0 spiro atoms. The van der Waals surface area contributed by atoms with E-state index in [-0.39, 0.29) is 0 Å². The summed E-state index contributed by atoms with van der Waals surface area (Å²) in [5.74, 6) is 0.604. The van der Waals surface area contributed by atoms with Crippen LogP contribution in [-0.2, 0) is 0 Å². The number of benzene rings is 1. The van der Waals surface area contributed by atoms with Crippen LogP contribution in [0.5, 0.6) is 0 Å². The first-order valence-electron chi connectivity index (χ1n) is 6.92. The van der Waals surface area contributed by atoms with Gasteiger partial charge in [-0.2, -0.15) is 0 Å². The molecule has 0 radical (unpaired) electrons. The van der Waals surface area contributed by atoms with E-state index < -0.39 is 0 Å². The maximum atomic E-state index is 6.16. The zero-order valence-electron chi connectivity index (χ0n) is 11.6. The van der Waals surface area contributed by atoms with Gasteiger partial charge in [-0.3, -0.25) is 4.90 Å². The van der Waals surface area contributed by atoms with Gasteiger partial charge < -0.3 is 5.32 Å². The van der Waals surface area contributed by atoms with Crippen LogP contribution in [0.25, 0.3) is 0 Å². The summed E-state index contributed by atoms with van der Waals surface area (Å²) in [5.41, 5.74) is 1.24. The summed E-state index contributed by atoms with van der Waals surface area (Å²) in [6.45, 7) is 2.16. The smallest absolute Gasteiger partial charge is 0.0424 e. The Bertz CT molecular complexity index is 402. The second kappa shape index (κ2) is 6.94. The molecule has 2 unspecified atom stereocenters. The molecule has 2 nitrogen and oxygen atoms in total. The van der Waals surface area contributed by atoms with Crippen molar-refractivity contribution >= 4 is 23.2 Å². The minimum absolute atomic E-state index is 0.395. The number of hydrogen-bond acceptors (Lipinski definition) is 2. The fourth-order valence-corrected chi connectivity index (χ4v) is 3.72. The average Bonchev–Trinajstić information content (AvgIpc) is 2.50. The zero-order valence-corrected chi connectivity index (χ0v) is 13.1. The molecule has 1 aromatic rings. The predicted molar refractivity (Wildman–Crippen MR) is 83.1 cm³/mol. The van der Waals surface area contributed by atoms with Crippen LogP contribution in [0.1, 0.15) is 30.9 Å². The summed E-state index contributed by atoms with van der Waals surface area (Å²) < 4.78 is 0. The first-order valence-corrected chi connectivity index (χ1v) is 7.68. The number of nitrogens with zero attached hydrogens (tertiary/aromatic N) is 1. The van der Waals surface area contributed by atoms with Gasteiger partial charge in [0.15, 0.2) is 0 Å². The first-order chi connectivity index (χ1) is 9.11. The molecule has 0 aliphatic carbocycles. The molecule has 1 aliphatic rings. The van der Waals surface area contributed by atoms with Gasteiger partial charge in [-0.25, -0.2) is 0 Å². The van der Waals surface area contributed by atoms with E-state index >= 15 is 0 Å². The highest BCUT2D eigenvalue weighted by Crippen LogP contribution is 2.36. The van der Waals surface area contributed by atoms with Gasteiger partial charge >= 0.3 is 0 Å². The predicted octanol–water partition coefficient (Wildman–Crippen LogP) is 3.99. The largest absolute Gasteiger partial charge is 0.319 e. The van der Waals surface area contributed by atoms with E-state index in [2.05, 4.69) is 29.4 Å². The summed E-state index contributed by atoms with van der Waals surface area (Å²) in [7, 11) is 4.22. The Kier molecular flexibility index (Phi) is 5.52. The zero-order chi connectivity index (χ0) is 13.8. The quantitative estimate of drug-likeness (QED) is 0.908. The highest BCUT2D eigenvalue weighted by Gasteiger charge is 2.28. The van der Waals surface area contributed by atoms with Gasteiger partial charge in [-0.15, -0.1) is 0 Å². The minimum atomic E-state index is 0.395. The molecule has 1 aliphatic heterocycles. The van der Waals surface area contributed by atoms with Gasteiger partial charge in [0.25, 0.3) is 0 Å². The van der Waals surface area contributed by atoms with Crippen LogP contribution in [0.3, 0.4) is 0 Å². The average molecular weight is 301 g/mol. The Labute approximate surface area is 126 Å². The van der Waals surface area contributed by atoms with Crippen LogP contribution in [0.15, 0.2) is 18.2 Å². The summed E-state index contributed by atoms with van der Waals surface area (Å²) in [5, 5.41) is 4.77. The SMILES string of the molecule is CNCC1CCCCN(C)C1c1cc(Cl)cc(Cl)c1. The van der Waals surface area contributed by atoms with Crippen molar-refractivity contribution in [2.45, 2.75) is 25.3 Å². The van der Waals surface area contributed by atoms with Gasteiger partial charge in [0.05, 0.1) is 0 Å². The highest BCUT2D eigenvalue weighted by atomic mass is 35.5. The molecule has 2 rings (SSSR count). The second-order valence-corrected chi connectivity index (χ2v) is 6.31. The molecule has 19 heavy (non-hydrogen) atoms. The van der Waals surface area contributed by atoms with Crippen LogP contribution in [0.4, 0.5) is 0 Å². The fourth-order valence-electron chi connectivity index (χ4n) is 3.17. The summed E-state index contributed by atoms with van der Waals surface area (Å²) >= 11 is 12.3. The lowest BCUT2D eigenvalue weighted by Crippen LogP contribution is -2.34. The molecule has 1 heterocycles. The summed E-state index contributed by atoms with van der Waals surface area (Å²) in [6.07, 6.45) is 3.81. The van der Waals surface area contributed by atoms with Gasteiger partial charge in [0.1, 0.15) is 0 Å². The molecule has 0 amide bonds. The third-order valence-corrected chi connectivity index (χ3v) is 4.39. The minimum Gasteiger partial charge on any atom is -0.319 e. The van der Waals surface area contributed by atoms with E-state index in [0.29, 0.717) is 12.0 Å². The number of hydrogen-bond donors (Lipinski definition) is 1. The standard InChI is InChI=1S/C15H22Cl2N2/c1-18-10-11-5-3-4-6-19(2)15(11)12-7-13(16)9-14(17)8-12/h7-9,11,15,18H,3-6,10H2,1-2H3. The van der Waals surface area contributed by atoms with Crippen LogP contribution in [-0.4, -0.2) is 32.1 Å². The molecule has 2 atom stereocenters. The van der Waals surface area contributed by atoms with Crippen molar-refractivity contribution in [3.63, 3.8) is 0 Å². The van der Waals surface area contributed by atoms with Crippen LogP contribution < -0.4 is 5.32 Å². The topological polar surface area (TPSA) is 15.3 Å². The Morgan fingerprint density at radius 2 is 1.89 bits per heavy atom. The molecule has 0 aromatic heterocycles. The number of halogens is 2. The lowest BCUT2D eigenvalue weighted by atomic mass is 9.89. The second-order valence-electron chi connectivity index (χ2n) is 5.44. The Balaban J connectivity index is 2.33. The summed E-state index contributed by atoms with van der Waals surface area (Å²) in [6, 6.07) is 6.31. The lowest BCUT2D eigenvalue weighted by molar-refractivity contribution is 0.191. The number of likely N-dealkylation sites (tertiary alicyclic amines) is 1. The molecule has 1 saturated heterocycles. The fraction of sp³-hybridized carbons (Fsp3) is 0.600. The molecule has 106 valence electrons. The van der Waals surface area contributed by atoms with E-state index in [0.717, 1.165) is 23.1 Å². The molecule has 1 aromatic carbocycles. The van der Waals surface area contributed by atoms with E-state index in [4.69, 9.17) is 23.2 Å². The molecule has 1 fully saturated rings. The molecule has 1 N–H and O–H groups in total. The first kappa shape index (κ1) is 15.1.